The number of halogens is 2. The highest BCUT2D eigenvalue weighted by atomic mass is 79.9. The van der Waals surface area contributed by atoms with E-state index in [1.54, 1.807) is 30.5 Å². The molecule has 0 fully saturated rings. The molecule has 1 aliphatic heterocycles. The van der Waals surface area contributed by atoms with Gasteiger partial charge in [0.2, 0.25) is 0 Å². The van der Waals surface area contributed by atoms with Gasteiger partial charge in [0.25, 0.3) is 5.91 Å². The topological polar surface area (TPSA) is 59.1 Å². The Kier molecular flexibility index (Phi) is 3.61. The average molecular weight is 364 g/mol. The molecule has 3 rings (SSSR count). The Labute approximate surface area is 134 Å². The molecule has 1 amide bonds. The number of allylic oxidation sites excluding steroid dienone is 1. The number of hydrogen-bond donors (Lipinski definition) is 1. The van der Waals surface area contributed by atoms with Gasteiger partial charge in [-0.3, -0.25) is 14.6 Å². The third kappa shape index (κ3) is 2.62. The summed E-state index contributed by atoms with van der Waals surface area (Å²) in [4.78, 5) is 28.2. The van der Waals surface area contributed by atoms with Crippen LogP contribution in [0.1, 0.15) is 15.9 Å². The van der Waals surface area contributed by atoms with Crippen molar-refractivity contribution in [2.75, 3.05) is 5.32 Å². The lowest BCUT2D eigenvalue weighted by Crippen LogP contribution is -2.06. The molecule has 0 radical (unpaired) electrons. The minimum atomic E-state index is -0.339. The van der Waals surface area contributed by atoms with Crippen molar-refractivity contribution in [2.24, 2.45) is 0 Å². The number of nitrogens with one attached hydrogen (secondary N) is 1. The maximum atomic E-state index is 12.3. The van der Waals surface area contributed by atoms with E-state index in [1.165, 1.54) is 12.3 Å². The van der Waals surface area contributed by atoms with E-state index in [9.17, 15) is 9.59 Å². The Bertz CT molecular complexity index is 802. The molecule has 0 atom stereocenters. The zero-order valence-corrected chi connectivity index (χ0v) is 12.9. The lowest BCUT2D eigenvalue weighted by atomic mass is 10.0. The molecule has 1 aromatic carbocycles. The number of anilines is 1. The van der Waals surface area contributed by atoms with E-state index in [2.05, 4.69) is 26.2 Å². The summed E-state index contributed by atoms with van der Waals surface area (Å²) < 4.78 is 0.695. The molecule has 0 bridgehead atoms. The predicted molar refractivity (Wildman–Crippen MR) is 84.3 cm³/mol. The number of rotatable bonds is 2. The van der Waals surface area contributed by atoms with E-state index < -0.39 is 0 Å². The number of ketones is 1. The van der Waals surface area contributed by atoms with Crippen molar-refractivity contribution < 1.29 is 9.59 Å². The molecule has 0 unspecified atom stereocenters. The summed E-state index contributed by atoms with van der Waals surface area (Å²) in [5.41, 5.74) is 1.82. The zero-order chi connectivity index (χ0) is 15.0. The van der Waals surface area contributed by atoms with E-state index in [0.29, 0.717) is 26.3 Å². The largest absolute Gasteiger partial charge is 0.321 e. The van der Waals surface area contributed by atoms with E-state index in [-0.39, 0.29) is 17.3 Å². The molecule has 0 spiro atoms. The number of benzene rings is 1. The predicted octanol–water partition coefficient (Wildman–Crippen LogP) is 3.72. The first kappa shape index (κ1) is 14.0. The molecule has 104 valence electrons. The molecule has 1 aromatic heterocycles. The fourth-order valence-electron chi connectivity index (χ4n) is 2.10. The Morgan fingerprint density at radius 1 is 1.33 bits per heavy atom. The molecule has 2 aromatic rings. The summed E-state index contributed by atoms with van der Waals surface area (Å²) in [6.45, 7) is 0. The van der Waals surface area contributed by atoms with Crippen molar-refractivity contribution in [1.82, 2.24) is 4.98 Å². The molecule has 0 saturated heterocycles. The SMILES string of the molecule is O=C1Nc2cccc(Cl)c2C1=CC(=O)c1cncc(Br)c1. The van der Waals surface area contributed by atoms with Crippen LogP contribution in [-0.2, 0) is 4.79 Å². The Morgan fingerprint density at radius 3 is 2.90 bits per heavy atom. The normalized spacial score (nSPS) is 15.0. The fraction of sp³-hybridized carbons (Fsp3) is 0. The van der Waals surface area contributed by atoms with E-state index in [1.807, 2.05) is 0 Å². The molecular formula is C15H8BrClN2O2. The van der Waals surface area contributed by atoms with Gasteiger partial charge in [0.1, 0.15) is 0 Å². The molecule has 1 N–H and O–H groups in total. The van der Waals surface area contributed by atoms with Gasteiger partial charge in [0, 0.05) is 28.0 Å². The van der Waals surface area contributed by atoms with Crippen LogP contribution in [0.4, 0.5) is 5.69 Å². The summed E-state index contributed by atoms with van der Waals surface area (Å²) >= 11 is 9.38. The van der Waals surface area contributed by atoms with Crippen LogP contribution in [-0.4, -0.2) is 16.7 Å². The standard InChI is InChI=1S/C15H8BrClN2O2/c16-9-4-8(6-18-7-9)13(20)5-10-14-11(17)2-1-3-12(14)19-15(10)21/h1-7H,(H,19,21). The number of pyridine rings is 1. The summed E-state index contributed by atoms with van der Waals surface area (Å²) in [5, 5.41) is 3.12. The zero-order valence-electron chi connectivity index (χ0n) is 10.6. The van der Waals surface area contributed by atoms with Crippen LogP contribution in [0.2, 0.25) is 5.02 Å². The third-order valence-corrected chi connectivity index (χ3v) is 3.79. The monoisotopic (exact) mass is 362 g/mol. The van der Waals surface area contributed by atoms with Crippen molar-refractivity contribution in [3.05, 3.63) is 63.4 Å². The van der Waals surface area contributed by atoms with Gasteiger partial charge < -0.3 is 5.32 Å². The molecule has 2 heterocycles. The van der Waals surface area contributed by atoms with Crippen LogP contribution in [0.25, 0.3) is 5.57 Å². The number of amides is 1. The number of carbonyl (C=O) groups is 2. The van der Waals surface area contributed by atoms with Gasteiger partial charge >= 0.3 is 0 Å². The van der Waals surface area contributed by atoms with Crippen molar-refractivity contribution in [3.63, 3.8) is 0 Å². The quantitative estimate of drug-likeness (QED) is 0.653. The second kappa shape index (κ2) is 5.42. The van der Waals surface area contributed by atoms with Gasteiger partial charge in [-0.2, -0.15) is 0 Å². The Hall–Kier alpha value is -1.98. The van der Waals surface area contributed by atoms with E-state index in [4.69, 9.17) is 11.6 Å². The first-order chi connectivity index (χ1) is 10.1. The molecule has 0 aliphatic carbocycles. The first-order valence-corrected chi connectivity index (χ1v) is 7.20. The van der Waals surface area contributed by atoms with Gasteiger partial charge in [-0.15, -0.1) is 0 Å². The molecule has 6 heteroatoms. The Morgan fingerprint density at radius 2 is 2.14 bits per heavy atom. The lowest BCUT2D eigenvalue weighted by molar-refractivity contribution is -0.110. The van der Waals surface area contributed by atoms with Crippen molar-refractivity contribution in [3.8, 4) is 0 Å². The maximum Gasteiger partial charge on any atom is 0.256 e. The van der Waals surface area contributed by atoms with E-state index in [0.717, 1.165) is 0 Å². The highest BCUT2D eigenvalue weighted by Crippen LogP contribution is 2.37. The van der Waals surface area contributed by atoms with E-state index >= 15 is 0 Å². The molecule has 4 nitrogen and oxygen atoms in total. The molecule has 0 saturated carbocycles. The molecular weight excluding hydrogens is 356 g/mol. The average Bonchev–Trinajstić information content (AvgIpc) is 2.76. The van der Waals surface area contributed by atoms with Crippen LogP contribution in [0.3, 0.4) is 0 Å². The van der Waals surface area contributed by atoms with Crippen LogP contribution in [0.5, 0.6) is 0 Å². The third-order valence-electron chi connectivity index (χ3n) is 3.04. The minimum absolute atomic E-state index is 0.264. The van der Waals surface area contributed by atoms with Gasteiger partial charge in [-0.05, 0) is 40.2 Å². The summed E-state index contributed by atoms with van der Waals surface area (Å²) in [6, 6.07) is 6.81. The van der Waals surface area contributed by atoms with Crippen molar-refractivity contribution >= 4 is 50.5 Å². The molecule has 21 heavy (non-hydrogen) atoms. The van der Waals surface area contributed by atoms with Crippen LogP contribution in [0, 0.1) is 0 Å². The number of fused-ring (bicyclic) bond motifs is 1. The maximum absolute atomic E-state index is 12.3. The number of nitrogens with zero attached hydrogens (tertiary/aromatic N) is 1. The highest BCUT2D eigenvalue weighted by molar-refractivity contribution is 9.10. The number of aromatic nitrogens is 1. The Balaban J connectivity index is 2.05. The minimum Gasteiger partial charge on any atom is -0.321 e. The van der Waals surface area contributed by atoms with Gasteiger partial charge in [0.05, 0.1) is 16.3 Å². The van der Waals surface area contributed by atoms with Crippen LogP contribution >= 0.6 is 27.5 Å². The lowest BCUT2D eigenvalue weighted by Gasteiger charge is -2.01. The first-order valence-electron chi connectivity index (χ1n) is 6.03. The summed E-state index contributed by atoms with van der Waals surface area (Å²) in [7, 11) is 0. The second-order valence-electron chi connectivity index (χ2n) is 4.43. The summed E-state index contributed by atoms with van der Waals surface area (Å²) in [6.07, 6.45) is 4.32. The molecule has 1 aliphatic rings. The second-order valence-corrected chi connectivity index (χ2v) is 5.75. The van der Waals surface area contributed by atoms with Gasteiger partial charge in [-0.1, -0.05) is 17.7 Å². The van der Waals surface area contributed by atoms with Crippen molar-refractivity contribution in [2.45, 2.75) is 0 Å². The van der Waals surface area contributed by atoms with Gasteiger partial charge in [-0.25, -0.2) is 0 Å². The number of carbonyl (C=O) groups excluding carboxylic acids is 2. The van der Waals surface area contributed by atoms with Gasteiger partial charge in [0.15, 0.2) is 5.78 Å². The van der Waals surface area contributed by atoms with Crippen LogP contribution in [0.15, 0.2) is 47.2 Å². The fourth-order valence-corrected chi connectivity index (χ4v) is 2.75. The van der Waals surface area contributed by atoms with Crippen LogP contribution < -0.4 is 5.32 Å². The summed E-state index contributed by atoms with van der Waals surface area (Å²) in [5.74, 6) is -0.642. The number of hydrogen-bond acceptors (Lipinski definition) is 3. The smallest absolute Gasteiger partial charge is 0.256 e. The highest BCUT2D eigenvalue weighted by Gasteiger charge is 2.27. The van der Waals surface area contributed by atoms with Crippen molar-refractivity contribution in [1.29, 1.82) is 0 Å².